The van der Waals surface area contributed by atoms with Gasteiger partial charge in [0.1, 0.15) is 0 Å². The molecule has 2 rings (SSSR count). The van der Waals surface area contributed by atoms with Crippen LogP contribution >= 0.6 is 12.4 Å². The summed E-state index contributed by atoms with van der Waals surface area (Å²) in [6, 6.07) is 6.96. The summed E-state index contributed by atoms with van der Waals surface area (Å²) in [6.45, 7) is 0.00410. The number of rotatable bonds is 4. The number of nitrogens with two attached hydrogens (primary N) is 1. The third kappa shape index (κ3) is 5.63. The highest BCUT2D eigenvalue weighted by Crippen LogP contribution is 2.17. The fourth-order valence-electron chi connectivity index (χ4n) is 2.47. The molecule has 2 amide bonds. The van der Waals surface area contributed by atoms with Gasteiger partial charge in [-0.2, -0.15) is 0 Å². The van der Waals surface area contributed by atoms with Crippen molar-refractivity contribution in [3.63, 3.8) is 0 Å². The normalized spacial score (nSPS) is 14.9. The lowest BCUT2D eigenvalue weighted by molar-refractivity contribution is -0.121. The molecule has 0 aromatic heterocycles. The maximum Gasteiger partial charge on any atom is 0.251 e. The third-order valence-electron chi connectivity index (χ3n) is 3.53. The summed E-state index contributed by atoms with van der Waals surface area (Å²) in [6.07, 6.45) is 5.66. The molecule has 1 aromatic rings. The van der Waals surface area contributed by atoms with Crippen LogP contribution in [0.25, 0.3) is 0 Å². The van der Waals surface area contributed by atoms with Crippen molar-refractivity contribution in [1.82, 2.24) is 10.6 Å². The smallest absolute Gasteiger partial charge is 0.251 e. The molecule has 0 atom stereocenters. The zero-order valence-corrected chi connectivity index (χ0v) is 12.7. The molecule has 0 aliphatic heterocycles. The Balaban J connectivity index is 0.00000220. The zero-order chi connectivity index (χ0) is 14.4. The molecule has 1 aliphatic rings. The van der Waals surface area contributed by atoms with Gasteiger partial charge in [-0.05, 0) is 31.0 Å². The van der Waals surface area contributed by atoms with Crippen molar-refractivity contribution < 1.29 is 9.59 Å². The highest BCUT2D eigenvalue weighted by Gasteiger charge is 2.16. The van der Waals surface area contributed by atoms with Gasteiger partial charge in [0.2, 0.25) is 5.91 Å². The Labute approximate surface area is 131 Å². The quantitative estimate of drug-likeness (QED) is 0.742. The monoisotopic (exact) mass is 311 g/mol. The SMILES string of the molecule is Cl.Nc1cccc(C(=O)NCC(=O)NC2CCCCC2)c1. The highest BCUT2D eigenvalue weighted by molar-refractivity contribution is 5.97. The Bertz CT molecular complexity index is 488. The summed E-state index contributed by atoms with van der Waals surface area (Å²) < 4.78 is 0. The van der Waals surface area contributed by atoms with E-state index in [2.05, 4.69) is 10.6 Å². The fourth-order valence-corrected chi connectivity index (χ4v) is 2.47. The van der Waals surface area contributed by atoms with Crippen LogP contribution in [-0.2, 0) is 4.79 Å². The number of carbonyl (C=O) groups excluding carboxylic acids is 2. The van der Waals surface area contributed by atoms with Crippen LogP contribution in [0.4, 0.5) is 5.69 Å². The van der Waals surface area contributed by atoms with Gasteiger partial charge in [-0.25, -0.2) is 0 Å². The predicted octanol–water partition coefficient (Wildman–Crippen LogP) is 1.87. The number of nitrogens with one attached hydrogen (secondary N) is 2. The summed E-state index contributed by atoms with van der Waals surface area (Å²) >= 11 is 0. The van der Waals surface area contributed by atoms with E-state index in [0.717, 1.165) is 12.8 Å². The van der Waals surface area contributed by atoms with Gasteiger partial charge in [-0.3, -0.25) is 9.59 Å². The van der Waals surface area contributed by atoms with E-state index >= 15 is 0 Å². The van der Waals surface area contributed by atoms with E-state index in [1.165, 1.54) is 19.3 Å². The first-order chi connectivity index (χ1) is 9.65. The van der Waals surface area contributed by atoms with Crippen LogP contribution < -0.4 is 16.4 Å². The molecule has 1 aromatic carbocycles. The summed E-state index contributed by atoms with van der Waals surface area (Å²) in [4.78, 5) is 23.6. The van der Waals surface area contributed by atoms with Gasteiger partial charge >= 0.3 is 0 Å². The summed E-state index contributed by atoms with van der Waals surface area (Å²) in [5.41, 5.74) is 6.62. The fraction of sp³-hybridized carbons (Fsp3) is 0.467. The second-order valence-electron chi connectivity index (χ2n) is 5.21. The topological polar surface area (TPSA) is 84.2 Å². The van der Waals surface area contributed by atoms with E-state index in [9.17, 15) is 9.59 Å². The van der Waals surface area contributed by atoms with Gasteiger partial charge in [-0.15, -0.1) is 12.4 Å². The zero-order valence-electron chi connectivity index (χ0n) is 11.9. The van der Waals surface area contributed by atoms with Gasteiger partial charge in [0.15, 0.2) is 0 Å². The van der Waals surface area contributed by atoms with Gasteiger partial charge < -0.3 is 16.4 Å². The summed E-state index contributed by atoms with van der Waals surface area (Å²) in [5, 5.41) is 5.57. The summed E-state index contributed by atoms with van der Waals surface area (Å²) in [7, 11) is 0. The largest absolute Gasteiger partial charge is 0.399 e. The molecule has 0 bridgehead atoms. The minimum atomic E-state index is -0.281. The Morgan fingerprint density at radius 2 is 1.90 bits per heavy atom. The number of anilines is 1. The molecule has 4 N–H and O–H groups in total. The van der Waals surface area contributed by atoms with Crippen molar-refractivity contribution in [2.24, 2.45) is 0 Å². The highest BCUT2D eigenvalue weighted by atomic mass is 35.5. The van der Waals surface area contributed by atoms with Crippen molar-refractivity contribution in [3.05, 3.63) is 29.8 Å². The van der Waals surface area contributed by atoms with E-state index in [1.54, 1.807) is 24.3 Å². The Hall–Kier alpha value is -1.75. The minimum absolute atomic E-state index is 0. The molecule has 5 nitrogen and oxygen atoms in total. The van der Waals surface area contributed by atoms with Crippen LogP contribution in [0.15, 0.2) is 24.3 Å². The third-order valence-corrected chi connectivity index (χ3v) is 3.53. The molecular weight excluding hydrogens is 290 g/mol. The number of hydrogen-bond acceptors (Lipinski definition) is 3. The summed E-state index contributed by atoms with van der Waals surface area (Å²) in [5.74, 6) is -0.412. The molecular formula is C15H22ClN3O2. The van der Waals surface area contributed by atoms with Crippen LogP contribution in [0.2, 0.25) is 0 Å². The van der Waals surface area contributed by atoms with Crippen molar-refractivity contribution in [2.45, 2.75) is 38.1 Å². The molecule has 0 saturated heterocycles. The molecule has 0 heterocycles. The standard InChI is InChI=1S/C15H21N3O2.ClH/c16-12-6-4-5-11(9-12)15(20)17-10-14(19)18-13-7-2-1-3-8-13;/h4-6,9,13H,1-3,7-8,10,16H2,(H,17,20)(H,18,19);1H. The molecule has 1 saturated carbocycles. The lowest BCUT2D eigenvalue weighted by Crippen LogP contribution is -2.42. The Morgan fingerprint density at radius 3 is 2.57 bits per heavy atom. The predicted molar refractivity (Wildman–Crippen MR) is 85.5 cm³/mol. The Kier molecular flexibility index (Phi) is 7.02. The second-order valence-corrected chi connectivity index (χ2v) is 5.21. The molecule has 6 heteroatoms. The van der Waals surface area contributed by atoms with Crippen molar-refractivity contribution in [2.75, 3.05) is 12.3 Å². The number of halogens is 1. The number of nitrogen functional groups attached to an aromatic ring is 1. The Morgan fingerprint density at radius 1 is 1.19 bits per heavy atom. The molecule has 1 aliphatic carbocycles. The van der Waals surface area contributed by atoms with Gasteiger partial charge in [0, 0.05) is 17.3 Å². The van der Waals surface area contributed by atoms with Crippen LogP contribution in [0.1, 0.15) is 42.5 Å². The lowest BCUT2D eigenvalue weighted by Gasteiger charge is -2.22. The molecule has 21 heavy (non-hydrogen) atoms. The van der Waals surface area contributed by atoms with Gasteiger partial charge in [0.05, 0.1) is 6.54 Å². The molecule has 0 radical (unpaired) electrons. The van der Waals surface area contributed by atoms with Crippen LogP contribution in [-0.4, -0.2) is 24.4 Å². The van der Waals surface area contributed by atoms with E-state index < -0.39 is 0 Å². The number of amides is 2. The maximum atomic E-state index is 11.8. The van der Waals surface area contributed by atoms with E-state index in [1.807, 2.05) is 0 Å². The van der Waals surface area contributed by atoms with E-state index in [4.69, 9.17) is 5.73 Å². The first kappa shape index (κ1) is 17.3. The van der Waals surface area contributed by atoms with Gasteiger partial charge in [-0.1, -0.05) is 25.3 Å². The van der Waals surface area contributed by atoms with Crippen LogP contribution in [0.3, 0.4) is 0 Å². The van der Waals surface area contributed by atoms with Crippen LogP contribution in [0, 0.1) is 0 Å². The minimum Gasteiger partial charge on any atom is -0.399 e. The van der Waals surface area contributed by atoms with Crippen molar-refractivity contribution in [3.8, 4) is 0 Å². The number of carbonyl (C=O) groups is 2. The first-order valence-electron chi connectivity index (χ1n) is 7.08. The van der Waals surface area contributed by atoms with E-state index in [-0.39, 0.29) is 36.8 Å². The second kappa shape index (κ2) is 8.52. The van der Waals surface area contributed by atoms with Crippen molar-refractivity contribution >= 4 is 29.9 Å². The molecule has 0 unspecified atom stereocenters. The van der Waals surface area contributed by atoms with Crippen LogP contribution in [0.5, 0.6) is 0 Å². The van der Waals surface area contributed by atoms with E-state index in [0.29, 0.717) is 11.3 Å². The molecule has 0 spiro atoms. The molecule has 116 valence electrons. The number of hydrogen-bond donors (Lipinski definition) is 3. The first-order valence-corrected chi connectivity index (χ1v) is 7.08. The molecule has 1 fully saturated rings. The average molecular weight is 312 g/mol. The van der Waals surface area contributed by atoms with Crippen molar-refractivity contribution in [1.29, 1.82) is 0 Å². The number of benzene rings is 1. The van der Waals surface area contributed by atoms with Gasteiger partial charge in [0.25, 0.3) is 5.91 Å². The lowest BCUT2D eigenvalue weighted by atomic mass is 9.95. The average Bonchev–Trinajstić information content (AvgIpc) is 2.46. The maximum absolute atomic E-state index is 11.8.